The summed E-state index contributed by atoms with van der Waals surface area (Å²) in [6.07, 6.45) is 3.74. The van der Waals surface area contributed by atoms with E-state index in [1.165, 1.54) is 11.9 Å². The number of carbonyl (C=O) groups excluding carboxylic acids is 1. The highest BCUT2D eigenvalue weighted by Gasteiger charge is 2.26. The fraction of sp³-hybridized carbons (Fsp3) is 0.333. The van der Waals surface area contributed by atoms with Crippen molar-refractivity contribution in [3.05, 3.63) is 47.4 Å². The Bertz CT molecular complexity index is 893. The van der Waals surface area contributed by atoms with Gasteiger partial charge in [0.15, 0.2) is 5.78 Å². The molecule has 0 saturated carbocycles. The molecule has 0 saturated heterocycles. The average molecular weight is 306 g/mol. The van der Waals surface area contributed by atoms with Gasteiger partial charge in [0.05, 0.1) is 17.0 Å². The predicted octanol–water partition coefficient (Wildman–Crippen LogP) is 3.43. The minimum Gasteiger partial charge on any atom is -0.294 e. The van der Waals surface area contributed by atoms with E-state index in [9.17, 15) is 4.79 Å². The zero-order chi connectivity index (χ0) is 16.0. The van der Waals surface area contributed by atoms with Crippen molar-refractivity contribution in [3.63, 3.8) is 0 Å². The number of hydrogen-bond donors (Lipinski definition) is 0. The van der Waals surface area contributed by atoms with Gasteiger partial charge in [0, 0.05) is 12.0 Å². The zero-order valence-corrected chi connectivity index (χ0v) is 13.3. The standard InChI is InChI=1S/C18H18N4O/c1-11(2)12-6-8-13(9-7-12)17-16-14(4-3-5-15(16)23)21-18-19-10-20-22(17)18/h6-11H,3-5H2,1-2H3. The maximum absolute atomic E-state index is 12.5. The lowest BCUT2D eigenvalue weighted by Crippen LogP contribution is -2.17. The van der Waals surface area contributed by atoms with Crippen LogP contribution in [-0.4, -0.2) is 25.4 Å². The summed E-state index contributed by atoms with van der Waals surface area (Å²) >= 11 is 0. The first kappa shape index (κ1) is 14.1. The van der Waals surface area contributed by atoms with Crippen LogP contribution < -0.4 is 0 Å². The first-order valence-corrected chi connectivity index (χ1v) is 8.01. The van der Waals surface area contributed by atoms with Gasteiger partial charge in [-0.3, -0.25) is 4.79 Å². The molecule has 0 fully saturated rings. The summed E-state index contributed by atoms with van der Waals surface area (Å²) < 4.78 is 1.69. The van der Waals surface area contributed by atoms with Crippen molar-refractivity contribution in [2.75, 3.05) is 0 Å². The smallest absolute Gasteiger partial charge is 0.252 e. The van der Waals surface area contributed by atoms with Crippen molar-refractivity contribution < 1.29 is 4.79 Å². The quantitative estimate of drug-likeness (QED) is 0.727. The lowest BCUT2D eigenvalue weighted by atomic mass is 9.90. The van der Waals surface area contributed by atoms with Crippen LogP contribution in [0.2, 0.25) is 0 Å². The van der Waals surface area contributed by atoms with Crippen LogP contribution in [0.5, 0.6) is 0 Å². The highest BCUT2D eigenvalue weighted by atomic mass is 16.1. The molecule has 1 aromatic carbocycles. The van der Waals surface area contributed by atoms with Crippen LogP contribution in [0.3, 0.4) is 0 Å². The molecule has 2 aromatic heterocycles. The van der Waals surface area contributed by atoms with Gasteiger partial charge in [-0.15, -0.1) is 0 Å². The van der Waals surface area contributed by atoms with E-state index in [0.29, 0.717) is 23.7 Å². The molecule has 2 heterocycles. The van der Waals surface area contributed by atoms with E-state index in [0.717, 1.165) is 29.8 Å². The second-order valence-electron chi connectivity index (χ2n) is 6.31. The second-order valence-corrected chi connectivity index (χ2v) is 6.31. The largest absolute Gasteiger partial charge is 0.294 e. The number of aromatic nitrogens is 4. The summed E-state index contributed by atoms with van der Waals surface area (Å²) in [5, 5.41) is 4.29. The van der Waals surface area contributed by atoms with Gasteiger partial charge in [0.1, 0.15) is 6.33 Å². The van der Waals surface area contributed by atoms with Crippen molar-refractivity contribution in [1.29, 1.82) is 0 Å². The molecule has 0 atom stereocenters. The number of fused-ring (bicyclic) bond motifs is 2. The van der Waals surface area contributed by atoms with Gasteiger partial charge in [-0.05, 0) is 24.3 Å². The molecular formula is C18H18N4O. The number of nitrogens with zero attached hydrogens (tertiary/aromatic N) is 4. The Balaban J connectivity index is 1.99. The number of Topliss-reactive ketones (excluding diaryl/α,β-unsaturated/α-hetero) is 1. The van der Waals surface area contributed by atoms with Crippen molar-refractivity contribution in [1.82, 2.24) is 19.6 Å². The number of ketones is 1. The van der Waals surface area contributed by atoms with Gasteiger partial charge in [0.25, 0.3) is 5.78 Å². The van der Waals surface area contributed by atoms with Gasteiger partial charge >= 0.3 is 0 Å². The van der Waals surface area contributed by atoms with Crippen LogP contribution in [0.4, 0.5) is 0 Å². The van der Waals surface area contributed by atoms with Crippen molar-refractivity contribution in [2.24, 2.45) is 0 Å². The Morgan fingerprint density at radius 3 is 2.65 bits per heavy atom. The summed E-state index contributed by atoms with van der Waals surface area (Å²) in [5.41, 5.74) is 4.65. The van der Waals surface area contributed by atoms with Crippen LogP contribution >= 0.6 is 0 Å². The highest BCUT2D eigenvalue weighted by molar-refractivity contribution is 6.03. The average Bonchev–Trinajstić information content (AvgIpc) is 3.01. The lowest BCUT2D eigenvalue weighted by molar-refractivity contribution is 0.0971. The third-order valence-electron chi connectivity index (χ3n) is 4.45. The molecule has 0 bridgehead atoms. The Hall–Kier alpha value is -2.56. The molecule has 5 heteroatoms. The highest BCUT2D eigenvalue weighted by Crippen LogP contribution is 2.31. The maximum atomic E-state index is 12.5. The molecule has 0 radical (unpaired) electrons. The van der Waals surface area contributed by atoms with Crippen LogP contribution in [-0.2, 0) is 6.42 Å². The zero-order valence-electron chi connectivity index (χ0n) is 13.3. The summed E-state index contributed by atoms with van der Waals surface area (Å²) in [5.74, 6) is 1.18. The van der Waals surface area contributed by atoms with Gasteiger partial charge in [0.2, 0.25) is 0 Å². The normalized spacial score (nSPS) is 14.5. The molecule has 4 rings (SSSR count). The Morgan fingerprint density at radius 1 is 1.13 bits per heavy atom. The van der Waals surface area contributed by atoms with E-state index >= 15 is 0 Å². The van der Waals surface area contributed by atoms with E-state index in [1.54, 1.807) is 4.52 Å². The topological polar surface area (TPSA) is 60.1 Å². The summed E-state index contributed by atoms with van der Waals surface area (Å²) in [6, 6.07) is 8.35. The Morgan fingerprint density at radius 2 is 1.91 bits per heavy atom. The van der Waals surface area contributed by atoms with Crippen LogP contribution in [0.15, 0.2) is 30.6 Å². The molecule has 0 aliphatic heterocycles. The first-order chi connectivity index (χ1) is 11.1. The van der Waals surface area contributed by atoms with Gasteiger partial charge in [-0.25, -0.2) is 4.98 Å². The van der Waals surface area contributed by atoms with E-state index in [1.807, 2.05) is 0 Å². The van der Waals surface area contributed by atoms with Crippen LogP contribution in [0.1, 0.15) is 54.2 Å². The van der Waals surface area contributed by atoms with E-state index < -0.39 is 0 Å². The number of aryl methyl sites for hydroxylation is 1. The predicted molar refractivity (Wildman–Crippen MR) is 87.6 cm³/mol. The summed E-state index contributed by atoms with van der Waals surface area (Å²) in [4.78, 5) is 21.3. The molecule has 0 amide bonds. The molecule has 0 N–H and O–H groups in total. The van der Waals surface area contributed by atoms with Gasteiger partial charge in [-0.2, -0.15) is 14.6 Å². The molecule has 1 aliphatic rings. The first-order valence-electron chi connectivity index (χ1n) is 8.01. The molecule has 0 unspecified atom stereocenters. The van der Waals surface area contributed by atoms with Crippen LogP contribution in [0, 0.1) is 0 Å². The Kier molecular flexibility index (Phi) is 3.22. The number of hydrogen-bond acceptors (Lipinski definition) is 4. The Labute approximate surface area is 134 Å². The van der Waals surface area contributed by atoms with Gasteiger partial charge in [-0.1, -0.05) is 38.1 Å². The third kappa shape index (κ3) is 2.23. The molecule has 5 nitrogen and oxygen atoms in total. The fourth-order valence-electron chi connectivity index (χ4n) is 3.20. The van der Waals surface area contributed by atoms with Crippen LogP contribution in [0.25, 0.3) is 17.0 Å². The van der Waals surface area contributed by atoms with Crippen molar-refractivity contribution in [3.8, 4) is 11.3 Å². The monoisotopic (exact) mass is 306 g/mol. The fourth-order valence-corrected chi connectivity index (χ4v) is 3.20. The SMILES string of the molecule is CC(C)c1ccc(-c2c3c(nc4ncnn24)CCCC3=O)cc1. The molecule has 3 aromatic rings. The number of benzene rings is 1. The molecule has 1 aliphatic carbocycles. The maximum Gasteiger partial charge on any atom is 0.252 e. The minimum atomic E-state index is 0.152. The molecule has 0 spiro atoms. The number of carbonyl (C=O) groups is 1. The molecular weight excluding hydrogens is 288 g/mol. The van der Waals surface area contributed by atoms with Gasteiger partial charge < -0.3 is 0 Å². The number of rotatable bonds is 2. The van der Waals surface area contributed by atoms with E-state index in [4.69, 9.17) is 0 Å². The summed E-state index contributed by atoms with van der Waals surface area (Å²) in [6.45, 7) is 4.34. The second kappa shape index (κ2) is 5.26. The van der Waals surface area contributed by atoms with Crippen molar-refractivity contribution in [2.45, 2.75) is 39.0 Å². The summed E-state index contributed by atoms with van der Waals surface area (Å²) in [7, 11) is 0. The van der Waals surface area contributed by atoms with E-state index in [2.05, 4.69) is 53.2 Å². The van der Waals surface area contributed by atoms with E-state index in [-0.39, 0.29) is 5.78 Å². The third-order valence-corrected chi connectivity index (χ3v) is 4.45. The molecule has 23 heavy (non-hydrogen) atoms. The minimum absolute atomic E-state index is 0.152. The van der Waals surface area contributed by atoms with Crippen molar-refractivity contribution >= 4 is 11.6 Å². The molecule has 116 valence electrons. The lowest BCUT2D eigenvalue weighted by Gasteiger charge is -2.18.